The number of fused-ring (bicyclic) bond motifs is 1. The Morgan fingerprint density at radius 3 is 2.34 bits per heavy atom. The van der Waals surface area contributed by atoms with Crippen LogP contribution in [0.4, 0.5) is 0 Å². The summed E-state index contributed by atoms with van der Waals surface area (Å²) in [6.45, 7) is 1.37. The van der Waals surface area contributed by atoms with Crippen molar-refractivity contribution in [3.05, 3.63) is 56.0 Å². The van der Waals surface area contributed by atoms with Crippen molar-refractivity contribution in [3.63, 3.8) is 0 Å². The van der Waals surface area contributed by atoms with E-state index in [0.717, 1.165) is 40.0 Å². The first-order chi connectivity index (χ1) is 15.5. The van der Waals surface area contributed by atoms with Crippen molar-refractivity contribution in [1.29, 1.82) is 0 Å². The number of aromatic nitrogens is 1. The van der Waals surface area contributed by atoms with Crippen LogP contribution < -0.4 is 14.2 Å². The molecule has 0 aliphatic heterocycles. The lowest BCUT2D eigenvalue weighted by molar-refractivity contribution is 0.279. The van der Waals surface area contributed by atoms with E-state index in [2.05, 4.69) is 33.6 Å². The van der Waals surface area contributed by atoms with Gasteiger partial charge in [-0.05, 0) is 37.5 Å². The molecule has 2 aromatic carbocycles. The summed E-state index contributed by atoms with van der Waals surface area (Å²) in [7, 11) is 0. The maximum absolute atomic E-state index is 6.28. The topological polar surface area (TPSA) is 40.6 Å². The number of hydrogen-bond donors (Lipinski definition) is 0. The number of thiazole rings is 1. The van der Waals surface area contributed by atoms with Gasteiger partial charge in [0.05, 0.1) is 37.9 Å². The minimum atomic E-state index is 0.137. The first kappa shape index (κ1) is 26.0. The fourth-order valence-corrected chi connectivity index (χ4v) is 4.94. The third kappa shape index (κ3) is 7.99. The van der Waals surface area contributed by atoms with E-state index in [9.17, 15) is 0 Å². The predicted octanol–water partition coefficient (Wildman–Crippen LogP) is 8.86. The molecule has 1 aromatic heterocycles. The van der Waals surface area contributed by atoms with Crippen molar-refractivity contribution < 1.29 is 14.2 Å². The van der Waals surface area contributed by atoms with Gasteiger partial charge in [0.25, 0.3) is 0 Å². The summed E-state index contributed by atoms with van der Waals surface area (Å²) in [5.41, 5.74) is 0.997. The molecule has 0 N–H and O–H groups in total. The Morgan fingerprint density at radius 1 is 0.938 bits per heavy atom. The van der Waals surface area contributed by atoms with E-state index in [4.69, 9.17) is 60.6 Å². The summed E-state index contributed by atoms with van der Waals surface area (Å²) in [5.74, 6) is 1.81. The van der Waals surface area contributed by atoms with Gasteiger partial charge in [0.15, 0.2) is 5.75 Å². The standard InChI is InChI=1S/C22H20Cl4INO3S/c23-16-10-15(30-9-6-20(25)26)11-17(24)22(16)31-8-3-1-2-7-29-14-4-5-19-18(12-14)28-21(13-27)32-19/h4-6,10-12H,1-3,7-9,13H2. The Morgan fingerprint density at radius 2 is 1.66 bits per heavy atom. The van der Waals surface area contributed by atoms with Crippen molar-refractivity contribution in [3.8, 4) is 17.2 Å². The van der Waals surface area contributed by atoms with Gasteiger partial charge in [0, 0.05) is 18.2 Å². The molecule has 0 aliphatic rings. The van der Waals surface area contributed by atoms with Gasteiger partial charge in [0.2, 0.25) is 0 Å². The molecule has 0 fully saturated rings. The van der Waals surface area contributed by atoms with Crippen LogP contribution >= 0.6 is 80.3 Å². The number of unbranched alkanes of at least 4 members (excludes halogenated alkanes) is 2. The third-order valence-electron chi connectivity index (χ3n) is 4.28. The molecule has 4 nitrogen and oxygen atoms in total. The quantitative estimate of drug-likeness (QED) is 0.112. The molecular weight excluding hydrogens is 627 g/mol. The summed E-state index contributed by atoms with van der Waals surface area (Å²) in [4.78, 5) is 4.60. The molecule has 172 valence electrons. The van der Waals surface area contributed by atoms with E-state index in [1.807, 2.05) is 12.1 Å². The van der Waals surface area contributed by atoms with Crippen molar-refractivity contribution in [1.82, 2.24) is 4.98 Å². The molecule has 0 bridgehead atoms. The van der Waals surface area contributed by atoms with Crippen LogP contribution in [0, 0.1) is 0 Å². The summed E-state index contributed by atoms with van der Waals surface area (Å²) >= 11 is 27.7. The van der Waals surface area contributed by atoms with E-state index in [1.54, 1.807) is 23.5 Å². The highest BCUT2D eigenvalue weighted by Crippen LogP contribution is 2.37. The van der Waals surface area contributed by atoms with Crippen molar-refractivity contribution >= 4 is 90.5 Å². The summed E-state index contributed by atoms with van der Waals surface area (Å²) in [6, 6.07) is 9.37. The van der Waals surface area contributed by atoms with Crippen LogP contribution in [0.5, 0.6) is 17.2 Å². The van der Waals surface area contributed by atoms with Gasteiger partial charge < -0.3 is 14.2 Å². The van der Waals surface area contributed by atoms with Crippen LogP contribution in [0.25, 0.3) is 10.2 Å². The maximum Gasteiger partial charge on any atom is 0.156 e. The number of halogens is 5. The van der Waals surface area contributed by atoms with E-state index >= 15 is 0 Å². The van der Waals surface area contributed by atoms with Crippen LogP contribution in [-0.4, -0.2) is 24.8 Å². The van der Waals surface area contributed by atoms with Crippen LogP contribution in [0.1, 0.15) is 24.3 Å². The van der Waals surface area contributed by atoms with Gasteiger partial charge in [0.1, 0.15) is 27.6 Å². The molecule has 0 amide bonds. The summed E-state index contributed by atoms with van der Waals surface area (Å²) in [5, 5.41) is 1.91. The molecule has 0 saturated heterocycles. The lowest BCUT2D eigenvalue weighted by Gasteiger charge is -2.12. The van der Waals surface area contributed by atoms with Gasteiger partial charge in [-0.3, -0.25) is 0 Å². The Balaban J connectivity index is 1.37. The number of hydrogen-bond acceptors (Lipinski definition) is 5. The number of benzene rings is 2. The molecular formula is C22H20Cl4INO3S. The minimum Gasteiger partial charge on any atom is -0.494 e. The highest BCUT2D eigenvalue weighted by molar-refractivity contribution is 14.1. The Bertz CT molecular complexity index is 1050. The highest BCUT2D eigenvalue weighted by Gasteiger charge is 2.11. The Labute approximate surface area is 224 Å². The average Bonchev–Trinajstić information content (AvgIpc) is 3.17. The Hall–Kier alpha value is -0.640. The molecule has 0 aliphatic carbocycles. The molecule has 3 aromatic rings. The fraction of sp³-hybridized carbons (Fsp3) is 0.318. The minimum absolute atomic E-state index is 0.137. The molecule has 32 heavy (non-hydrogen) atoms. The van der Waals surface area contributed by atoms with Gasteiger partial charge in [-0.25, -0.2) is 4.98 Å². The molecule has 0 atom stereocenters. The molecule has 3 rings (SSSR count). The van der Waals surface area contributed by atoms with Crippen molar-refractivity contribution in [2.75, 3.05) is 19.8 Å². The van der Waals surface area contributed by atoms with Gasteiger partial charge >= 0.3 is 0 Å². The summed E-state index contributed by atoms with van der Waals surface area (Å²) in [6.07, 6.45) is 4.26. The zero-order valence-corrected chi connectivity index (χ0v) is 22.9. The number of nitrogens with zero attached hydrogens (tertiary/aromatic N) is 1. The zero-order chi connectivity index (χ0) is 22.9. The number of rotatable bonds is 12. The van der Waals surface area contributed by atoms with Crippen LogP contribution in [0.15, 0.2) is 40.9 Å². The van der Waals surface area contributed by atoms with E-state index < -0.39 is 0 Å². The molecule has 0 saturated carbocycles. The number of alkyl halides is 1. The second kappa shape index (κ2) is 13.3. The molecule has 0 spiro atoms. The molecule has 0 radical (unpaired) electrons. The fourth-order valence-electron chi connectivity index (χ4n) is 2.81. The highest BCUT2D eigenvalue weighted by atomic mass is 127. The van der Waals surface area contributed by atoms with Crippen molar-refractivity contribution in [2.24, 2.45) is 0 Å². The van der Waals surface area contributed by atoms with E-state index in [1.165, 1.54) is 10.8 Å². The first-order valence-electron chi connectivity index (χ1n) is 9.80. The predicted molar refractivity (Wildman–Crippen MR) is 144 cm³/mol. The first-order valence-corrected chi connectivity index (χ1v) is 13.7. The maximum atomic E-state index is 6.28. The number of ether oxygens (including phenoxy) is 3. The van der Waals surface area contributed by atoms with Gasteiger partial charge in [-0.2, -0.15) is 0 Å². The van der Waals surface area contributed by atoms with Crippen LogP contribution in [0.3, 0.4) is 0 Å². The second-order valence-electron chi connectivity index (χ2n) is 6.65. The van der Waals surface area contributed by atoms with E-state index in [-0.39, 0.29) is 11.1 Å². The normalized spacial score (nSPS) is 10.9. The lowest BCUT2D eigenvalue weighted by Crippen LogP contribution is -2.02. The monoisotopic (exact) mass is 645 g/mol. The van der Waals surface area contributed by atoms with Gasteiger partial charge in [-0.15, -0.1) is 11.3 Å². The lowest BCUT2D eigenvalue weighted by atomic mass is 10.2. The summed E-state index contributed by atoms with van der Waals surface area (Å²) < 4.78 is 19.4. The largest absolute Gasteiger partial charge is 0.494 e. The molecule has 10 heteroatoms. The van der Waals surface area contributed by atoms with Crippen molar-refractivity contribution in [2.45, 2.75) is 23.7 Å². The SMILES string of the molecule is ClC(Cl)=CCOc1cc(Cl)c(OCCCCCOc2ccc3sc(CI)nc3c2)c(Cl)c1. The third-order valence-corrected chi connectivity index (χ3v) is 7.43. The van der Waals surface area contributed by atoms with Crippen LogP contribution in [-0.2, 0) is 4.43 Å². The van der Waals surface area contributed by atoms with E-state index in [0.29, 0.717) is 34.8 Å². The second-order valence-corrected chi connectivity index (χ2v) is 10.3. The van der Waals surface area contributed by atoms with Crippen LogP contribution in [0.2, 0.25) is 10.0 Å². The molecule has 1 heterocycles. The van der Waals surface area contributed by atoms with Gasteiger partial charge in [-0.1, -0.05) is 69.0 Å². The Kier molecular flexibility index (Phi) is 10.8. The zero-order valence-electron chi connectivity index (χ0n) is 16.9. The molecule has 0 unspecified atom stereocenters. The smallest absolute Gasteiger partial charge is 0.156 e. The average molecular weight is 647 g/mol.